The van der Waals surface area contributed by atoms with Crippen LogP contribution in [-0.2, 0) is 6.54 Å². The van der Waals surface area contributed by atoms with Crippen LogP contribution in [0.5, 0.6) is 0 Å². The van der Waals surface area contributed by atoms with Gasteiger partial charge in [0.05, 0.1) is 13.1 Å². The largest absolute Gasteiger partial charge is 0.325 e. The number of aromatic amines is 2. The van der Waals surface area contributed by atoms with Crippen LogP contribution in [0, 0.1) is 4.77 Å². The van der Waals surface area contributed by atoms with E-state index in [-0.39, 0.29) is 5.91 Å². The van der Waals surface area contributed by atoms with Crippen LogP contribution in [0.25, 0.3) is 0 Å². The van der Waals surface area contributed by atoms with Crippen LogP contribution in [0.3, 0.4) is 0 Å². The highest BCUT2D eigenvalue weighted by Crippen LogP contribution is 2.29. The maximum atomic E-state index is 12.5. The number of aliphatic imine (C=N–C) groups is 1. The number of guanidine groups is 1. The number of nitrogens with one attached hydrogen (secondary N) is 2. The van der Waals surface area contributed by atoms with E-state index < -0.39 is 0 Å². The Balaban J connectivity index is 1.78. The number of anilines is 1. The monoisotopic (exact) mass is 333 g/mol. The van der Waals surface area contributed by atoms with Crippen LogP contribution in [0.15, 0.2) is 29.3 Å². The van der Waals surface area contributed by atoms with Gasteiger partial charge in [-0.25, -0.2) is 0 Å². The molecule has 0 atom stereocenters. The maximum Gasteiger partial charge on any atom is 0.280 e. The van der Waals surface area contributed by atoms with Gasteiger partial charge in [0.25, 0.3) is 5.91 Å². The molecule has 8 heteroatoms. The molecule has 0 bridgehead atoms. The van der Waals surface area contributed by atoms with Crippen molar-refractivity contribution < 1.29 is 4.79 Å². The predicted molar refractivity (Wildman–Crippen MR) is 87.0 cm³/mol. The van der Waals surface area contributed by atoms with Gasteiger partial charge in [-0.2, -0.15) is 0 Å². The predicted octanol–water partition coefficient (Wildman–Crippen LogP) is 2.56. The topological polar surface area (TPSA) is 67.5 Å². The molecule has 0 saturated heterocycles. The van der Waals surface area contributed by atoms with Crippen LogP contribution in [-0.4, -0.2) is 39.8 Å². The smallest absolute Gasteiger partial charge is 0.280 e. The molecule has 0 fully saturated rings. The van der Waals surface area contributed by atoms with Gasteiger partial charge in [-0.1, -0.05) is 23.7 Å². The van der Waals surface area contributed by atoms with Crippen LogP contribution in [0.2, 0.25) is 5.02 Å². The minimum Gasteiger partial charge on any atom is -0.325 e. The highest BCUT2D eigenvalue weighted by molar-refractivity contribution is 7.71. The number of imidazole rings is 1. The third-order valence-corrected chi connectivity index (χ3v) is 4.21. The van der Waals surface area contributed by atoms with E-state index in [1.54, 1.807) is 4.90 Å². The zero-order valence-corrected chi connectivity index (χ0v) is 13.0. The number of H-pyrrole nitrogens is 2. The number of amides is 1. The molecule has 0 radical (unpaired) electrons. The number of fused-ring (bicyclic) bond motifs is 2. The van der Waals surface area contributed by atoms with Gasteiger partial charge >= 0.3 is 0 Å². The highest BCUT2D eigenvalue weighted by atomic mass is 35.5. The van der Waals surface area contributed by atoms with E-state index in [1.807, 2.05) is 29.2 Å². The first kappa shape index (κ1) is 13.5. The van der Waals surface area contributed by atoms with E-state index in [0.29, 0.717) is 46.9 Å². The van der Waals surface area contributed by atoms with Crippen LogP contribution in [0.1, 0.15) is 16.1 Å². The number of carbonyl (C=O) groups is 1. The molecule has 4 rings (SSSR count). The fourth-order valence-corrected chi connectivity index (χ4v) is 3.07. The summed E-state index contributed by atoms with van der Waals surface area (Å²) < 4.78 is 0.432. The minimum absolute atomic E-state index is 0.0917. The highest BCUT2D eigenvalue weighted by Gasteiger charge is 2.38. The Morgan fingerprint density at radius 3 is 2.82 bits per heavy atom. The molecule has 2 aliphatic heterocycles. The average Bonchev–Trinajstić information content (AvgIpc) is 3.12. The van der Waals surface area contributed by atoms with E-state index in [4.69, 9.17) is 23.8 Å². The number of benzene rings is 1. The molecule has 2 N–H and O–H groups in total. The number of aromatic nitrogens is 2. The van der Waals surface area contributed by atoms with Crippen molar-refractivity contribution >= 4 is 41.5 Å². The Hall–Kier alpha value is -2.12. The van der Waals surface area contributed by atoms with E-state index in [9.17, 15) is 4.79 Å². The Kier molecular flexibility index (Phi) is 3.05. The van der Waals surface area contributed by atoms with Gasteiger partial charge in [-0.15, -0.1) is 0 Å². The maximum absolute atomic E-state index is 12.5. The van der Waals surface area contributed by atoms with Crippen molar-refractivity contribution in [3.8, 4) is 0 Å². The van der Waals surface area contributed by atoms with Crippen molar-refractivity contribution in [2.75, 3.05) is 18.0 Å². The lowest BCUT2D eigenvalue weighted by Crippen LogP contribution is -2.49. The molecule has 6 nitrogen and oxygen atoms in total. The summed E-state index contributed by atoms with van der Waals surface area (Å²) >= 11 is 11.1. The molecule has 0 spiro atoms. The lowest BCUT2D eigenvalue weighted by Gasteiger charge is -2.33. The summed E-state index contributed by atoms with van der Waals surface area (Å²) in [6.07, 6.45) is 0. The molecule has 112 valence electrons. The fourth-order valence-electron chi connectivity index (χ4n) is 2.75. The van der Waals surface area contributed by atoms with E-state index in [2.05, 4.69) is 15.0 Å². The fraction of sp³-hybridized carbons (Fsp3) is 0.214. The standard InChI is InChI=1S/C14H12ClN5OS/c15-9-3-1-8(2-4-9)7-20-11-10(17-13(22)18-11)12(21)19-6-5-16-14(19)20/h1-4H,5-7H2,(H2,17,18,22). The number of hydrogen-bond donors (Lipinski definition) is 2. The molecule has 3 heterocycles. The quantitative estimate of drug-likeness (QED) is 0.830. The van der Waals surface area contributed by atoms with Crippen molar-refractivity contribution in [3.63, 3.8) is 0 Å². The number of nitrogens with zero attached hydrogens (tertiary/aromatic N) is 3. The second-order valence-corrected chi connectivity index (χ2v) is 6.00. The Labute approximate surface area is 136 Å². The second kappa shape index (κ2) is 4.96. The van der Waals surface area contributed by atoms with Crippen molar-refractivity contribution in [2.24, 2.45) is 4.99 Å². The third kappa shape index (κ3) is 2.05. The molecule has 2 aromatic rings. The van der Waals surface area contributed by atoms with Crippen molar-refractivity contribution in [3.05, 3.63) is 45.3 Å². The van der Waals surface area contributed by atoms with Crippen molar-refractivity contribution in [1.82, 2.24) is 14.9 Å². The summed E-state index contributed by atoms with van der Waals surface area (Å²) in [5, 5.41) is 0.694. The van der Waals surface area contributed by atoms with E-state index in [1.165, 1.54) is 0 Å². The molecule has 1 aromatic carbocycles. The van der Waals surface area contributed by atoms with Crippen LogP contribution in [0.4, 0.5) is 5.82 Å². The lowest BCUT2D eigenvalue weighted by molar-refractivity contribution is 0.0846. The van der Waals surface area contributed by atoms with Crippen LogP contribution >= 0.6 is 23.8 Å². The summed E-state index contributed by atoms with van der Waals surface area (Å²) in [6.45, 7) is 1.79. The number of rotatable bonds is 2. The lowest BCUT2D eigenvalue weighted by atomic mass is 10.2. The van der Waals surface area contributed by atoms with E-state index >= 15 is 0 Å². The Morgan fingerprint density at radius 1 is 1.27 bits per heavy atom. The molecule has 22 heavy (non-hydrogen) atoms. The van der Waals surface area contributed by atoms with Crippen molar-refractivity contribution in [1.29, 1.82) is 0 Å². The molecule has 2 aliphatic rings. The molecule has 0 unspecified atom stereocenters. The second-order valence-electron chi connectivity index (χ2n) is 5.15. The van der Waals surface area contributed by atoms with Gasteiger partial charge in [0, 0.05) is 11.6 Å². The summed E-state index contributed by atoms with van der Waals surface area (Å²) in [5.41, 5.74) is 1.56. The molecular weight excluding hydrogens is 322 g/mol. The minimum atomic E-state index is -0.0917. The first-order valence-electron chi connectivity index (χ1n) is 6.84. The molecule has 1 aromatic heterocycles. The average molecular weight is 334 g/mol. The van der Waals surface area contributed by atoms with Crippen molar-refractivity contribution in [2.45, 2.75) is 6.54 Å². The van der Waals surface area contributed by atoms with Gasteiger partial charge < -0.3 is 9.97 Å². The third-order valence-electron chi connectivity index (χ3n) is 3.75. The summed E-state index contributed by atoms with van der Waals surface area (Å²) in [6, 6.07) is 7.61. The Morgan fingerprint density at radius 2 is 2.05 bits per heavy atom. The van der Waals surface area contributed by atoms with Gasteiger partial charge in [0.15, 0.2) is 4.77 Å². The normalized spacial score (nSPS) is 16.6. The Bertz CT molecular complexity index is 838. The van der Waals surface area contributed by atoms with Crippen LogP contribution < -0.4 is 4.90 Å². The summed E-state index contributed by atoms with van der Waals surface area (Å²) in [5.74, 6) is 1.24. The molecular formula is C14H12ClN5OS. The summed E-state index contributed by atoms with van der Waals surface area (Å²) in [7, 11) is 0. The van der Waals surface area contributed by atoms with Gasteiger partial charge in [-0.3, -0.25) is 19.6 Å². The van der Waals surface area contributed by atoms with E-state index in [0.717, 1.165) is 5.56 Å². The number of halogens is 1. The molecule has 0 aliphatic carbocycles. The first-order chi connectivity index (χ1) is 10.6. The number of hydrogen-bond acceptors (Lipinski definition) is 4. The SMILES string of the molecule is O=C1c2[nH]c(=S)[nH]c2N(Cc2ccc(Cl)cc2)C2=NCCN12. The van der Waals surface area contributed by atoms with Gasteiger partial charge in [-0.05, 0) is 29.9 Å². The zero-order valence-electron chi connectivity index (χ0n) is 11.5. The van der Waals surface area contributed by atoms with Gasteiger partial charge in [0.1, 0.15) is 11.5 Å². The number of carbonyl (C=O) groups excluding carboxylic acids is 1. The molecule has 0 saturated carbocycles. The molecule has 1 amide bonds. The summed E-state index contributed by atoms with van der Waals surface area (Å²) in [4.78, 5) is 26.6. The van der Waals surface area contributed by atoms with Gasteiger partial charge in [0.2, 0.25) is 5.96 Å². The first-order valence-corrected chi connectivity index (χ1v) is 7.63. The zero-order chi connectivity index (χ0) is 15.3.